The lowest BCUT2D eigenvalue weighted by molar-refractivity contribution is 0.285. The normalized spacial score (nSPS) is 21.1. The van der Waals surface area contributed by atoms with Gasteiger partial charge in [0.15, 0.2) is 17.5 Å². The summed E-state index contributed by atoms with van der Waals surface area (Å²) in [4.78, 5) is 7.11. The van der Waals surface area contributed by atoms with E-state index in [-0.39, 0.29) is 35.8 Å². The standard InChI is InChI=1S/C21H33FN4O.HI/c1-4-23-21(24-13-18-6-5-11-26(18)3)25-15(2)17-9-10-20(19(22)12-17)27-14-16-7-8-16;/h9-10,12,15-16,18H,4-8,11,13-14H2,1-3H3,(H2,23,24,25);1H. The number of hydrogen-bond acceptors (Lipinski definition) is 3. The number of rotatable bonds is 8. The minimum Gasteiger partial charge on any atom is -0.490 e. The Hall–Kier alpha value is -1.09. The Labute approximate surface area is 185 Å². The molecule has 2 fully saturated rings. The Balaban J connectivity index is 0.00000280. The molecule has 1 saturated carbocycles. The largest absolute Gasteiger partial charge is 0.490 e. The van der Waals surface area contributed by atoms with Crippen molar-refractivity contribution in [2.75, 3.05) is 33.3 Å². The molecule has 2 atom stereocenters. The van der Waals surface area contributed by atoms with Gasteiger partial charge in [-0.05, 0) is 76.7 Å². The number of likely N-dealkylation sites (N-methyl/N-ethyl adjacent to an activating group) is 1. The summed E-state index contributed by atoms with van der Waals surface area (Å²) in [5.74, 6) is 1.45. The van der Waals surface area contributed by atoms with Crippen LogP contribution in [-0.4, -0.2) is 50.2 Å². The molecule has 2 aliphatic rings. The second-order valence-corrected chi connectivity index (χ2v) is 7.81. The highest BCUT2D eigenvalue weighted by molar-refractivity contribution is 14.0. The van der Waals surface area contributed by atoms with Crippen LogP contribution in [-0.2, 0) is 0 Å². The molecule has 1 aliphatic carbocycles. The molecule has 0 spiro atoms. The van der Waals surface area contributed by atoms with E-state index in [9.17, 15) is 4.39 Å². The van der Waals surface area contributed by atoms with E-state index < -0.39 is 0 Å². The first kappa shape index (κ1) is 23.2. The van der Waals surface area contributed by atoms with Gasteiger partial charge in [0.05, 0.1) is 19.2 Å². The van der Waals surface area contributed by atoms with Gasteiger partial charge in [0.1, 0.15) is 0 Å². The third kappa shape index (κ3) is 6.76. The average molecular weight is 504 g/mol. The predicted molar refractivity (Wildman–Crippen MR) is 123 cm³/mol. The molecule has 2 N–H and O–H groups in total. The molecule has 1 aliphatic heterocycles. The van der Waals surface area contributed by atoms with Crippen LogP contribution in [0.3, 0.4) is 0 Å². The second-order valence-electron chi connectivity index (χ2n) is 7.81. The minimum atomic E-state index is -0.295. The van der Waals surface area contributed by atoms with E-state index in [1.165, 1.54) is 25.7 Å². The summed E-state index contributed by atoms with van der Waals surface area (Å²) < 4.78 is 19.9. The van der Waals surface area contributed by atoms with Gasteiger partial charge in [-0.25, -0.2) is 4.39 Å². The molecule has 28 heavy (non-hydrogen) atoms. The summed E-state index contributed by atoms with van der Waals surface area (Å²) in [5.41, 5.74) is 0.884. The van der Waals surface area contributed by atoms with Crippen molar-refractivity contribution in [3.05, 3.63) is 29.6 Å². The second kappa shape index (κ2) is 11.2. The molecule has 158 valence electrons. The highest BCUT2D eigenvalue weighted by Gasteiger charge is 2.23. The predicted octanol–water partition coefficient (Wildman–Crippen LogP) is 3.94. The first-order valence-corrected chi connectivity index (χ1v) is 10.2. The molecule has 7 heteroatoms. The molecule has 5 nitrogen and oxygen atoms in total. The molecule has 2 unspecified atom stereocenters. The third-order valence-corrected chi connectivity index (χ3v) is 5.46. The first-order chi connectivity index (χ1) is 13.1. The van der Waals surface area contributed by atoms with Crippen LogP contribution >= 0.6 is 24.0 Å². The summed E-state index contributed by atoms with van der Waals surface area (Å²) >= 11 is 0. The highest BCUT2D eigenvalue weighted by atomic mass is 127. The molecular formula is C21H34FIN4O. The summed E-state index contributed by atoms with van der Waals surface area (Å²) in [6, 6.07) is 5.70. The lowest BCUT2D eigenvalue weighted by Crippen LogP contribution is -2.40. The maximum Gasteiger partial charge on any atom is 0.191 e. The van der Waals surface area contributed by atoms with Crippen LogP contribution in [0.2, 0.25) is 0 Å². The Bertz CT molecular complexity index is 653. The van der Waals surface area contributed by atoms with Crippen LogP contribution in [0.5, 0.6) is 5.75 Å². The Morgan fingerprint density at radius 2 is 2.14 bits per heavy atom. The van der Waals surface area contributed by atoms with Gasteiger partial charge in [0, 0.05) is 12.6 Å². The zero-order valence-corrected chi connectivity index (χ0v) is 19.5. The van der Waals surface area contributed by atoms with E-state index in [0.29, 0.717) is 24.3 Å². The molecule has 3 rings (SSSR count). The molecule has 1 aromatic carbocycles. The maximum atomic E-state index is 14.4. The first-order valence-electron chi connectivity index (χ1n) is 10.2. The fourth-order valence-electron chi connectivity index (χ4n) is 3.41. The summed E-state index contributed by atoms with van der Waals surface area (Å²) in [7, 11) is 2.16. The van der Waals surface area contributed by atoms with Crippen LogP contribution in [0.25, 0.3) is 0 Å². The Kier molecular flexibility index (Phi) is 9.27. The van der Waals surface area contributed by atoms with Crippen LogP contribution < -0.4 is 15.4 Å². The lowest BCUT2D eigenvalue weighted by atomic mass is 10.1. The van der Waals surface area contributed by atoms with E-state index in [0.717, 1.165) is 31.2 Å². The molecule has 0 bridgehead atoms. The van der Waals surface area contributed by atoms with Gasteiger partial charge in [-0.15, -0.1) is 24.0 Å². The monoisotopic (exact) mass is 504 g/mol. The smallest absolute Gasteiger partial charge is 0.191 e. The van der Waals surface area contributed by atoms with Crippen molar-refractivity contribution in [3.8, 4) is 5.75 Å². The highest BCUT2D eigenvalue weighted by Crippen LogP contribution is 2.30. The Morgan fingerprint density at radius 3 is 2.75 bits per heavy atom. The van der Waals surface area contributed by atoms with E-state index in [1.807, 2.05) is 13.0 Å². The van der Waals surface area contributed by atoms with Crippen molar-refractivity contribution < 1.29 is 9.13 Å². The molecule has 0 radical (unpaired) electrons. The SMILES string of the molecule is CCNC(=NCC1CCCN1C)NC(C)c1ccc(OCC2CC2)c(F)c1.I. The number of likely N-dealkylation sites (tertiary alicyclic amines) is 1. The van der Waals surface area contributed by atoms with Crippen molar-refractivity contribution in [3.63, 3.8) is 0 Å². The maximum absolute atomic E-state index is 14.4. The van der Waals surface area contributed by atoms with Gasteiger partial charge < -0.3 is 20.3 Å². The van der Waals surface area contributed by atoms with Gasteiger partial charge >= 0.3 is 0 Å². The minimum absolute atomic E-state index is 0. The zero-order valence-electron chi connectivity index (χ0n) is 17.2. The summed E-state index contributed by atoms with van der Waals surface area (Å²) in [5, 5.41) is 6.68. The van der Waals surface area contributed by atoms with Crippen LogP contribution in [0.1, 0.15) is 51.1 Å². The van der Waals surface area contributed by atoms with E-state index in [4.69, 9.17) is 9.73 Å². The van der Waals surface area contributed by atoms with Crippen molar-refractivity contribution in [1.29, 1.82) is 0 Å². The number of guanidine groups is 1. The number of nitrogens with one attached hydrogen (secondary N) is 2. The topological polar surface area (TPSA) is 48.9 Å². The van der Waals surface area contributed by atoms with Crippen LogP contribution in [0, 0.1) is 11.7 Å². The Morgan fingerprint density at radius 1 is 1.36 bits per heavy atom. The van der Waals surface area contributed by atoms with Gasteiger partial charge in [-0.1, -0.05) is 6.07 Å². The molecule has 0 amide bonds. The van der Waals surface area contributed by atoms with Gasteiger partial charge in [-0.3, -0.25) is 4.99 Å². The van der Waals surface area contributed by atoms with Crippen molar-refractivity contribution >= 4 is 29.9 Å². The van der Waals surface area contributed by atoms with Gasteiger partial charge in [0.2, 0.25) is 0 Å². The third-order valence-electron chi connectivity index (χ3n) is 5.46. The van der Waals surface area contributed by atoms with Crippen LogP contribution in [0.15, 0.2) is 23.2 Å². The summed E-state index contributed by atoms with van der Waals surface area (Å²) in [6.45, 7) is 7.41. The lowest BCUT2D eigenvalue weighted by Gasteiger charge is -2.21. The number of nitrogens with zero attached hydrogens (tertiary/aromatic N) is 2. The molecule has 0 aromatic heterocycles. The molecule has 1 heterocycles. The number of aliphatic imine (C=N–C) groups is 1. The fourth-order valence-corrected chi connectivity index (χ4v) is 3.41. The quantitative estimate of drug-likeness (QED) is 0.320. The average Bonchev–Trinajstić information content (AvgIpc) is 3.39. The van der Waals surface area contributed by atoms with E-state index in [1.54, 1.807) is 12.1 Å². The van der Waals surface area contributed by atoms with E-state index in [2.05, 4.69) is 29.5 Å². The number of ether oxygens (including phenoxy) is 1. The van der Waals surface area contributed by atoms with Crippen LogP contribution in [0.4, 0.5) is 4.39 Å². The number of hydrogen-bond donors (Lipinski definition) is 2. The van der Waals surface area contributed by atoms with Gasteiger partial charge in [0.25, 0.3) is 0 Å². The van der Waals surface area contributed by atoms with Crippen molar-refractivity contribution in [2.45, 2.75) is 51.6 Å². The van der Waals surface area contributed by atoms with Crippen molar-refractivity contribution in [1.82, 2.24) is 15.5 Å². The number of halogens is 2. The van der Waals surface area contributed by atoms with E-state index >= 15 is 0 Å². The molecular weight excluding hydrogens is 470 g/mol. The molecule has 1 saturated heterocycles. The molecule has 1 aromatic rings. The van der Waals surface area contributed by atoms with Gasteiger partial charge in [-0.2, -0.15) is 0 Å². The van der Waals surface area contributed by atoms with Crippen molar-refractivity contribution in [2.24, 2.45) is 10.9 Å². The summed E-state index contributed by atoms with van der Waals surface area (Å²) in [6.07, 6.45) is 4.84. The number of benzene rings is 1. The fraction of sp³-hybridized carbons (Fsp3) is 0.667. The zero-order chi connectivity index (χ0) is 19.2.